The van der Waals surface area contributed by atoms with Gasteiger partial charge in [-0.05, 0) is 84.6 Å². The molecule has 11 nitrogen and oxygen atoms in total. The average molecular weight is 759 g/mol. The summed E-state index contributed by atoms with van der Waals surface area (Å²) in [6, 6.07) is 0.377. The number of ether oxygens (including phenoxy) is 3. The minimum atomic E-state index is -0.897. The standard InChI is InChI=1S/C43H75N5O6/c1-4-35-23-17-18-27-42(54-35)31-34-25-26-36-38(43(28-19-22-33(3)53-43)47-41(46-42)48(34)36)40(51)52-32(2)21-15-13-11-9-7-5-6-8-10-12-14-16-24-37(49)39(50)45-30-20-29-44/h17,23,32-38,49H,4-16,18-22,24-31,44H2,1-3H3,(H2,45,46,47,50)/p+1/t32?,33-,34+,35+,36-,37?,38-,42+,43-/m0/s1. The number of aliphatic hydroxyl groups is 1. The fourth-order valence-electron chi connectivity index (χ4n) is 9.83. The molecular formula is C43H76N5O6+. The van der Waals surface area contributed by atoms with E-state index in [9.17, 15) is 14.7 Å². The number of hydrogen-bond acceptors (Lipinski definition) is 9. The first-order valence-corrected chi connectivity index (χ1v) is 22.3. The molecule has 5 heterocycles. The molecule has 0 aromatic heterocycles. The van der Waals surface area contributed by atoms with Crippen molar-refractivity contribution in [3.05, 3.63) is 12.2 Å². The van der Waals surface area contributed by atoms with Crippen LogP contribution >= 0.6 is 0 Å². The van der Waals surface area contributed by atoms with Crippen molar-refractivity contribution in [3.8, 4) is 0 Å². The van der Waals surface area contributed by atoms with Crippen molar-refractivity contribution in [2.75, 3.05) is 13.1 Å². The Kier molecular flexibility index (Phi) is 17.0. The van der Waals surface area contributed by atoms with Crippen LogP contribution in [0.15, 0.2) is 12.2 Å². The normalized spacial score (nSPS) is 31.4. The second-order valence-corrected chi connectivity index (χ2v) is 17.2. The fraction of sp³-hybridized carbons (Fsp3) is 0.884. The van der Waals surface area contributed by atoms with Crippen molar-refractivity contribution >= 4 is 17.8 Å². The fourth-order valence-corrected chi connectivity index (χ4v) is 9.83. The van der Waals surface area contributed by atoms with Gasteiger partial charge >= 0.3 is 11.9 Å². The molecule has 2 spiro atoms. The first kappa shape index (κ1) is 42.9. The van der Waals surface area contributed by atoms with Gasteiger partial charge in [0, 0.05) is 25.8 Å². The summed E-state index contributed by atoms with van der Waals surface area (Å²) in [6.45, 7) is 7.47. The van der Waals surface area contributed by atoms with Gasteiger partial charge in [-0.2, -0.15) is 0 Å². The summed E-state index contributed by atoms with van der Waals surface area (Å²) in [6.07, 6.45) is 28.7. The number of carbonyl (C=O) groups is 2. The summed E-state index contributed by atoms with van der Waals surface area (Å²) >= 11 is 0. The number of hydrogen-bond donors (Lipinski definition) is 5. The van der Waals surface area contributed by atoms with Crippen molar-refractivity contribution in [1.82, 2.24) is 16.0 Å². The Labute approximate surface area is 326 Å². The van der Waals surface area contributed by atoms with Gasteiger partial charge in [-0.1, -0.05) is 89.7 Å². The van der Waals surface area contributed by atoms with Crippen LogP contribution in [0.25, 0.3) is 0 Å². The van der Waals surface area contributed by atoms with E-state index in [4.69, 9.17) is 19.9 Å². The Bertz CT molecular complexity index is 1250. The van der Waals surface area contributed by atoms with Gasteiger partial charge in [-0.15, -0.1) is 0 Å². The molecule has 0 bridgehead atoms. The molecule has 1 amide bonds. The van der Waals surface area contributed by atoms with Crippen LogP contribution in [0, 0.1) is 5.92 Å². The molecule has 11 heteroatoms. The Morgan fingerprint density at radius 1 is 0.963 bits per heavy atom. The number of esters is 1. The highest BCUT2D eigenvalue weighted by Crippen LogP contribution is 2.46. The van der Waals surface area contributed by atoms with Crippen molar-refractivity contribution < 1.29 is 33.5 Å². The molecule has 0 aromatic carbocycles. The number of amides is 1. The summed E-state index contributed by atoms with van der Waals surface area (Å²) in [5.74, 6) is 0.245. The molecule has 54 heavy (non-hydrogen) atoms. The van der Waals surface area contributed by atoms with Gasteiger partial charge < -0.3 is 30.4 Å². The van der Waals surface area contributed by atoms with Crippen LogP contribution in [0.4, 0.5) is 0 Å². The van der Waals surface area contributed by atoms with Crippen molar-refractivity contribution in [1.29, 1.82) is 0 Å². The second kappa shape index (κ2) is 21.4. The lowest BCUT2D eigenvalue weighted by Gasteiger charge is -2.50. The van der Waals surface area contributed by atoms with Gasteiger partial charge in [0.1, 0.15) is 6.10 Å². The highest BCUT2D eigenvalue weighted by molar-refractivity contribution is 5.82. The smallest absolute Gasteiger partial charge is 0.350 e. The Balaban J connectivity index is 0.985. The van der Waals surface area contributed by atoms with Gasteiger partial charge in [0.25, 0.3) is 0 Å². The van der Waals surface area contributed by atoms with E-state index in [1.54, 1.807) is 0 Å². The van der Waals surface area contributed by atoms with Gasteiger partial charge in [0.05, 0.1) is 30.4 Å². The molecular weight excluding hydrogens is 683 g/mol. The van der Waals surface area contributed by atoms with E-state index in [1.807, 2.05) is 0 Å². The molecule has 5 aliphatic rings. The molecule has 5 rings (SSSR count). The zero-order valence-electron chi connectivity index (χ0n) is 34.1. The molecule has 2 unspecified atom stereocenters. The maximum absolute atomic E-state index is 14.2. The summed E-state index contributed by atoms with van der Waals surface area (Å²) < 4.78 is 22.4. The average Bonchev–Trinajstić information content (AvgIpc) is 3.45. The van der Waals surface area contributed by atoms with E-state index in [-0.39, 0.29) is 42.1 Å². The number of unbranched alkanes of at least 4 members (excludes halogenated alkanes) is 11. The zero-order chi connectivity index (χ0) is 38.4. The molecule has 9 atom stereocenters. The molecule has 308 valence electrons. The molecule has 2 fully saturated rings. The van der Waals surface area contributed by atoms with E-state index >= 15 is 0 Å². The number of rotatable bonds is 22. The quantitative estimate of drug-likeness (QED) is 0.0364. The van der Waals surface area contributed by atoms with Crippen LogP contribution in [0.2, 0.25) is 0 Å². The van der Waals surface area contributed by atoms with Crippen LogP contribution in [0.1, 0.15) is 175 Å². The summed E-state index contributed by atoms with van der Waals surface area (Å²) in [5, 5.41) is 20.4. The van der Waals surface area contributed by atoms with Crippen molar-refractivity contribution in [2.24, 2.45) is 11.7 Å². The Morgan fingerprint density at radius 3 is 2.31 bits per heavy atom. The first-order chi connectivity index (χ1) is 26.2. The third kappa shape index (κ3) is 11.7. The maximum Gasteiger partial charge on any atom is 0.350 e. The van der Waals surface area contributed by atoms with Crippen LogP contribution in [-0.2, 0) is 23.8 Å². The van der Waals surface area contributed by atoms with Crippen LogP contribution in [0.5, 0.6) is 0 Å². The summed E-state index contributed by atoms with van der Waals surface area (Å²) in [4.78, 5) is 26.1. The number of allylic oxidation sites excluding steroid dienone is 1. The number of aliphatic hydroxyl groups excluding tert-OH is 1. The molecule has 0 saturated carbocycles. The molecule has 0 radical (unpaired) electrons. The van der Waals surface area contributed by atoms with Gasteiger partial charge in [0.15, 0.2) is 11.6 Å². The summed E-state index contributed by atoms with van der Waals surface area (Å²) in [5.41, 5.74) is 4.26. The van der Waals surface area contributed by atoms with Gasteiger partial charge in [0.2, 0.25) is 11.6 Å². The van der Waals surface area contributed by atoms with E-state index in [2.05, 4.69) is 53.4 Å². The molecule has 5 aliphatic heterocycles. The zero-order valence-corrected chi connectivity index (χ0v) is 34.1. The van der Waals surface area contributed by atoms with E-state index < -0.39 is 17.6 Å². The highest BCUT2D eigenvalue weighted by atomic mass is 16.6. The van der Waals surface area contributed by atoms with Gasteiger partial charge in [-0.3, -0.25) is 14.2 Å². The molecule has 2 saturated heterocycles. The predicted molar refractivity (Wildman–Crippen MR) is 213 cm³/mol. The molecule has 0 aliphatic carbocycles. The predicted octanol–water partition coefficient (Wildman–Crippen LogP) is 6.44. The maximum atomic E-state index is 14.2. The number of guanidine groups is 1. The molecule has 6 N–H and O–H groups in total. The van der Waals surface area contributed by atoms with Gasteiger partial charge in [-0.25, -0.2) is 10.6 Å². The third-order valence-electron chi connectivity index (χ3n) is 12.7. The largest absolute Gasteiger partial charge is 0.462 e. The molecule has 0 aromatic rings. The first-order valence-electron chi connectivity index (χ1n) is 22.3. The van der Waals surface area contributed by atoms with E-state index in [1.165, 1.54) is 57.8 Å². The van der Waals surface area contributed by atoms with Crippen LogP contribution < -0.4 is 21.7 Å². The highest BCUT2D eigenvalue weighted by Gasteiger charge is 2.64. The number of carbonyl (C=O) groups excluding carboxylic acids is 2. The van der Waals surface area contributed by atoms with Crippen LogP contribution in [0.3, 0.4) is 0 Å². The van der Waals surface area contributed by atoms with E-state index in [0.717, 1.165) is 95.9 Å². The Hall–Kier alpha value is -2.21. The minimum absolute atomic E-state index is 0.0532. The third-order valence-corrected chi connectivity index (χ3v) is 12.7. The van der Waals surface area contributed by atoms with Crippen molar-refractivity contribution in [2.45, 2.75) is 223 Å². The number of nitrogens with zero attached hydrogens (tertiary/aromatic N) is 1. The lowest BCUT2D eigenvalue weighted by atomic mass is 9.80. The lowest BCUT2D eigenvalue weighted by Crippen LogP contribution is -2.76. The Morgan fingerprint density at radius 2 is 1.65 bits per heavy atom. The minimum Gasteiger partial charge on any atom is -0.462 e. The monoisotopic (exact) mass is 759 g/mol. The second-order valence-electron chi connectivity index (χ2n) is 17.2. The topological polar surface area (TPSA) is 147 Å². The SMILES string of the molecule is CC[C@@H]1C=CCC[C@]2(C[C@H]3CC[C@H]4[C@@H](C(=O)OC(C)CCCCCCCCCCCCCCC(O)C(=O)NCCCN)[C@@]5(CCC[C@H](C)O5)NC(=[N+]34)N2)O1. The number of nitrogens with one attached hydrogen (secondary N) is 3. The summed E-state index contributed by atoms with van der Waals surface area (Å²) in [7, 11) is 0. The number of nitrogens with two attached hydrogens (primary N) is 1. The van der Waals surface area contributed by atoms with E-state index in [0.29, 0.717) is 25.6 Å². The van der Waals surface area contributed by atoms with Crippen LogP contribution in [-0.4, -0.2) is 88.6 Å². The lowest BCUT2D eigenvalue weighted by molar-refractivity contribution is -0.609. The van der Waals surface area contributed by atoms with Crippen molar-refractivity contribution in [3.63, 3.8) is 0 Å².